The molecule has 4 aliphatic heterocycles. The molecule has 222 valence electrons. The van der Waals surface area contributed by atoms with E-state index < -0.39 is 47.2 Å². The molecule has 2 aromatic rings. The summed E-state index contributed by atoms with van der Waals surface area (Å²) in [5, 5.41) is 31.6. The van der Waals surface area contributed by atoms with Gasteiger partial charge in [0, 0.05) is 18.7 Å². The molecule has 4 atom stereocenters. The quantitative estimate of drug-likeness (QED) is 0.203. The molecule has 5 heterocycles. The van der Waals surface area contributed by atoms with Gasteiger partial charge in [0.25, 0.3) is 11.8 Å². The number of nitrogens with zero attached hydrogens (tertiary/aromatic N) is 4. The fourth-order valence-electron chi connectivity index (χ4n) is 6.23. The number of guanidine groups is 2. The maximum atomic E-state index is 13.6. The molecule has 1 saturated heterocycles. The number of benzene rings is 1. The summed E-state index contributed by atoms with van der Waals surface area (Å²) in [6, 6.07) is 4.45. The van der Waals surface area contributed by atoms with Gasteiger partial charge in [-0.3, -0.25) is 9.59 Å². The van der Waals surface area contributed by atoms with Crippen LogP contribution in [-0.4, -0.2) is 93.1 Å². The molecule has 3 unspecified atom stereocenters. The number of nitrogens with two attached hydrogens (primary N) is 2. The Morgan fingerprint density at radius 2 is 1.98 bits per heavy atom. The maximum Gasteiger partial charge on any atom is 0.269 e. The lowest BCUT2D eigenvalue weighted by Crippen LogP contribution is -2.78. The van der Waals surface area contributed by atoms with Crippen molar-refractivity contribution in [3.8, 4) is 5.75 Å². The summed E-state index contributed by atoms with van der Waals surface area (Å²) in [5.74, 6) is -4.13. The van der Waals surface area contributed by atoms with Gasteiger partial charge in [0.05, 0.1) is 24.4 Å². The summed E-state index contributed by atoms with van der Waals surface area (Å²) in [4.78, 5) is 40.2. The van der Waals surface area contributed by atoms with Gasteiger partial charge in [-0.05, 0) is 30.0 Å². The summed E-state index contributed by atoms with van der Waals surface area (Å²) in [6.45, 7) is 4.32. The summed E-state index contributed by atoms with van der Waals surface area (Å²) >= 11 is 0. The number of pyridine rings is 1. The Morgan fingerprint density at radius 1 is 1.19 bits per heavy atom. The predicted molar refractivity (Wildman–Crippen MR) is 148 cm³/mol. The lowest BCUT2D eigenvalue weighted by molar-refractivity contribution is -0.230. The van der Waals surface area contributed by atoms with Gasteiger partial charge in [-0.2, -0.15) is 0 Å². The molecule has 14 nitrogen and oxygen atoms in total. The minimum absolute atomic E-state index is 0.0224. The van der Waals surface area contributed by atoms with Crippen LogP contribution in [0.25, 0.3) is 0 Å². The first-order chi connectivity index (χ1) is 19.8. The number of hydrogen-bond acceptors (Lipinski definition) is 12. The SMILES string of the molecule is CC1(C)CCOc2c(C(=O)NC3CN4C(N)=N[C@@H](CNC(=O)c5ccc(F)cn5)C5N=C(N)NC54C3(O)O)cccc21. The third-order valence-corrected chi connectivity index (χ3v) is 8.50. The lowest BCUT2D eigenvalue weighted by atomic mass is 9.79. The summed E-state index contributed by atoms with van der Waals surface area (Å²) in [5.41, 5.74) is 11.5. The number of aliphatic hydroxyl groups is 2. The molecule has 0 bridgehead atoms. The monoisotopic (exact) mass is 581 g/mol. The van der Waals surface area contributed by atoms with Gasteiger partial charge in [-0.15, -0.1) is 0 Å². The van der Waals surface area contributed by atoms with E-state index >= 15 is 0 Å². The van der Waals surface area contributed by atoms with Crippen molar-refractivity contribution in [1.29, 1.82) is 0 Å². The van der Waals surface area contributed by atoms with Crippen LogP contribution < -0.4 is 32.2 Å². The molecule has 0 aliphatic carbocycles. The van der Waals surface area contributed by atoms with Gasteiger partial charge in [0.2, 0.25) is 5.79 Å². The van der Waals surface area contributed by atoms with E-state index in [1.54, 1.807) is 12.1 Å². The number of fused-ring (bicyclic) bond motifs is 1. The Bertz CT molecular complexity index is 1510. The lowest BCUT2D eigenvalue weighted by Gasteiger charge is -2.49. The van der Waals surface area contributed by atoms with E-state index in [4.69, 9.17) is 16.2 Å². The first kappa shape index (κ1) is 27.7. The van der Waals surface area contributed by atoms with Crippen molar-refractivity contribution >= 4 is 23.7 Å². The molecule has 15 heteroatoms. The molecule has 9 N–H and O–H groups in total. The van der Waals surface area contributed by atoms with Gasteiger partial charge in [-0.1, -0.05) is 26.0 Å². The number of rotatable bonds is 5. The second-order valence-electron chi connectivity index (χ2n) is 11.5. The number of aliphatic imine (C=N–C) groups is 2. The van der Waals surface area contributed by atoms with Crippen molar-refractivity contribution in [3.63, 3.8) is 0 Å². The fraction of sp³-hybridized carbons (Fsp3) is 0.444. The van der Waals surface area contributed by atoms with E-state index in [1.165, 1.54) is 11.0 Å². The van der Waals surface area contributed by atoms with Crippen molar-refractivity contribution in [2.45, 2.75) is 55.3 Å². The number of carbonyl (C=O) groups is 2. The van der Waals surface area contributed by atoms with E-state index in [-0.39, 0.29) is 41.7 Å². The standard InChI is InChI=1S/C27H32FN9O5/c1-25(2)8-9-42-19-14(4-3-5-15(19)25)21(38)34-18-12-37-24(30)33-17(11-32-22(39)16-7-6-13(28)10-31-16)20-26(37,27(18,40)41)36-23(29)35-20/h3-7,10,17-18,20,40-41H,8-9,11-12H2,1-2H3,(H2,30,33)(H,32,39)(H,34,38)(H3,29,35,36)/t17-,18?,20?,26?/m0/s1. The molecule has 0 radical (unpaired) electrons. The number of halogens is 1. The van der Waals surface area contributed by atoms with Crippen LogP contribution in [0.2, 0.25) is 0 Å². The molecule has 4 aliphatic rings. The van der Waals surface area contributed by atoms with Crippen molar-refractivity contribution in [2.24, 2.45) is 21.5 Å². The summed E-state index contributed by atoms with van der Waals surface area (Å²) in [7, 11) is 0. The van der Waals surface area contributed by atoms with E-state index in [0.29, 0.717) is 12.4 Å². The van der Waals surface area contributed by atoms with Crippen molar-refractivity contribution in [2.75, 3.05) is 19.7 Å². The number of aromatic nitrogens is 1. The highest BCUT2D eigenvalue weighted by atomic mass is 19.1. The first-order valence-electron chi connectivity index (χ1n) is 13.5. The van der Waals surface area contributed by atoms with Gasteiger partial charge < -0.3 is 47.3 Å². The third-order valence-electron chi connectivity index (χ3n) is 8.50. The van der Waals surface area contributed by atoms with Crippen molar-refractivity contribution in [1.82, 2.24) is 25.8 Å². The molecule has 0 saturated carbocycles. The number of ether oxygens (including phenoxy) is 1. The second kappa shape index (κ2) is 9.52. The maximum absolute atomic E-state index is 13.6. The molecule has 1 aromatic carbocycles. The minimum atomic E-state index is -2.66. The smallest absolute Gasteiger partial charge is 0.269 e. The highest BCUT2D eigenvalue weighted by molar-refractivity contribution is 5.98. The van der Waals surface area contributed by atoms with Crippen LogP contribution in [0.4, 0.5) is 4.39 Å². The fourth-order valence-corrected chi connectivity index (χ4v) is 6.23. The largest absolute Gasteiger partial charge is 0.492 e. The molecule has 1 aromatic heterocycles. The average molecular weight is 582 g/mol. The number of nitrogens with one attached hydrogen (secondary N) is 3. The molecule has 2 amide bonds. The number of para-hydroxylation sites is 1. The Morgan fingerprint density at radius 3 is 2.71 bits per heavy atom. The number of amides is 2. The Labute approximate surface area is 240 Å². The van der Waals surface area contributed by atoms with Gasteiger partial charge in [-0.25, -0.2) is 19.4 Å². The van der Waals surface area contributed by atoms with Crippen LogP contribution in [0.1, 0.15) is 46.7 Å². The molecule has 1 spiro atoms. The van der Waals surface area contributed by atoms with E-state index in [0.717, 1.165) is 24.2 Å². The zero-order valence-electron chi connectivity index (χ0n) is 23.0. The van der Waals surface area contributed by atoms with Gasteiger partial charge in [0.15, 0.2) is 17.6 Å². The molecular weight excluding hydrogens is 549 g/mol. The number of carbonyl (C=O) groups excluding carboxylic acids is 2. The predicted octanol–water partition coefficient (Wildman–Crippen LogP) is -1.51. The van der Waals surface area contributed by atoms with Gasteiger partial charge >= 0.3 is 0 Å². The molecule has 1 fully saturated rings. The number of hydrogen-bond donors (Lipinski definition) is 7. The van der Waals surface area contributed by atoms with Crippen LogP contribution in [0.5, 0.6) is 5.75 Å². The van der Waals surface area contributed by atoms with Crippen molar-refractivity contribution < 1.29 is 28.9 Å². The van der Waals surface area contributed by atoms with Crippen LogP contribution in [0.15, 0.2) is 46.5 Å². The van der Waals surface area contributed by atoms with E-state index in [2.05, 4.69) is 44.8 Å². The second-order valence-corrected chi connectivity index (χ2v) is 11.5. The highest BCUT2D eigenvalue weighted by Crippen LogP contribution is 2.45. The van der Waals surface area contributed by atoms with Crippen LogP contribution in [0, 0.1) is 5.82 Å². The molecule has 6 rings (SSSR count). The van der Waals surface area contributed by atoms with Crippen molar-refractivity contribution in [3.05, 3.63) is 59.2 Å². The van der Waals surface area contributed by atoms with E-state index in [1.807, 2.05) is 6.07 Å². The Balaban J connectivity index is 1.26. The zero-order valence-corrected chi connectivity index (χ0v) is 23.0. The average Bonchev–Trinajstić information content (AvgIpc) is 3.41. The Hall–Kier alpha value is -4.50. The normalized spacial score (nSPS) is 28.2. The topological polar surface area (TPSA) is 213 Å². The first-order valence-corrected chi connectivity index (χ1v) is 13.5. The highest BCUT2D eigenvalue weighted by Gasteiger charge is 2.73. The van der Waals surface area contributed by atoms with Crippen LogP contribution in [-0.2, 0) is 5.41 Å². The van der Waals surface area contributed by atoms with Gasteiger partial charge in [0.1, 0.15) is 29.3 Å². The summed E-state index contributed by atoms with van der Waals surface area (Å²) < 4.78 is 19.1. The Kier molecular flexibility index (Phi) is 6.27. The molecular formula is C27H32FN9O5. The minimum Gasteiger partial charge on any atom is -0.492 e. The summed E-state index contributed by atoms with van der Waals surface area (Å²) in [6.07, 6.45) is 1.71. The zero-order chi connectivity index (χ0) is 30.0. The molecule has 42 heavy (non-hydrogen) atoms. The third kappa shape index (κ3) is 4.10. The van der Waals surface area contributed by atoms with E-state index in [9.17, 15) is 24.2 Å². The van der Waals surface area contributed by atoms with Crippen LogP contribution in [0.3, 0.4) is 0 Å². The van der Waals surface area contributed by atoms with Crippen LogP contribution >= 0.6 is 0 Å².